The maximum Gasteiger partial charge on any atom is 0.308 e. The number of hydrogen-bond donors (Lipinski definition) is 9. The number of aliphatic carboxylic acids is 1. The van der Waals surface area contributed by atoms with Crippen molar-refractivity contribution >= 4 is 17.7 Å². The van der Waals surface area contributed by atoms with Crippen LogP contribution in [0.1, 0.15) is 55.1 Å². The minimum atomic E-state index is -1.97. The molecule has 19 nitrogen and oxygen atoms in total. The largest absolute Gasteiger partial charge is 0.507 e. The number of carboxylic acids is 1. The summed E-state index contributed by atoms with van der Waals surface area (Å²) in [4.78, 5) is 36.6. The molecule has 2 saturated heterocycles. The van der Waals surface area contributed by atoms with Gasteiger partial charge in [0.05, 0.1) is 38.1 Å². The van der Waals surface area contributed by atoms with E-state index < -0.39 is 116 Å². The summed E-state index contributed by atoms with van der Waals surface area (Å²) in [6.07, 6.45) is -19.4. The summed E-state index contributed by atoms with van der Waals surface area (Å²) in [5.74, 6) is -3.87. The van der Waals surface area contributed by atoms with Gasteiger partial charge < -0.3 is 79.1 Å². The van der Waals surface area contributed by atoms with E-state index in [0.717, 1.165) is 13.0 Å². The number of hydrogen-bond acceptors (Lipinski definition) is 18. The van der Waals surface area contributed by atoms with Gasteiger partial charge in [-0.3, -0.25) is 14.4 Å². The number of fused-ring (bicyclic) bond motifs is 1. The number of carbonyl (C=O) groups excluding carboxylic acids is 2. The second-order valence-corrected chi connectivity index (χ2v) is 13.3. The average molecular weight is 755 g/mol. The third-order valence-corrected chi connectivity index (χ3v) is 9.01. The molecule has 2 aromatic rings. The van der Waals surface area contributed by atoms with Crippen molar-refractivity contribution in [2.45, 2.75) is 106 Å². The Kier molecular flexibility index (Phi) is 12.0. The number of aliphatic hydroxyl groups is 6. The van der Waals surface area contributed by atoms with Gasteiger partial charge in [0.2, 0.25) is 6.29 Å². The highest BCUT2D eigenvalue weighted by Crippen LogP contribution is 2.44. The van der Waals surface area contributed by atoms with Gasteiger partial charge in [-0.1, -0.05) is 6.07 Å². The average Bonchev–Trinajstić information content (AvgIpc) is 3.07. The second-order valence-electron chi connectivity index (χ2n) is 13.3. The van der Waals surface area contributed by atoms with Gasteiger partial charge >= 0.3 is 11.9 Å². The lowest BCUT2D eigenvalue weighted by Crippen LogP contribution is -2.64. The standard InChI is InChI=1S/C34H42O19/c1-13-26(41)28(43)30(45)32(49-13)53-31-29(44)27(42)22(12-48-24(40)11-34(2,46)10-23(38)39)52-33(31)50-15-7-17(36)25-18(37)9-19(51-21(25)8-15)14-4-5-16(35)20(6-14)47-3/h4-8,13,19,22,26-33,35-36,41-46H,9-12H2,1-3H3,(H,38,39)/t13-,19+,22+,26-,27+,28+,29-,30+,31+,32-,33+,34+/m0/s1. The predicted molar refractivity (Wildman–Crippen MR) is 172 cm³/mol. The SMILES string of the molecule is COc1cc([C@H]2CC(=O)c3c(O)cc(O[C@@H]4O[C@H](COC(=O)C[C@](C)(O)CC(=O)O)[C@@H](O)[C@H](O)[C@H]4O[C@@H]4O[C@@H](C)[C@H](O)[C@@H](O)[C@H]4O)cc3O2)ccc1O. The zero-order valence-electron chi connectivity index (χ0n) is 28.7. The van der Waals surface area contributed by atoms with Crippen molar-refractivity contribution in [3.63, 3.8) is 0 Å². The summed E-state index contributed by atoms with van der Waals surface area (Å²) in [5, 5.41) is 93.3. The van der Waals surface area contributed by atoms with Gasteiger partial charge in [-0.05, 0) is 31.5 Å². The molecule has 0 unspecified atom stereocenters. The predicted octanol–water partition coefficient (Wildman–Crippen LogP) is -0.990. The van der Waals surface area contributed by atoms with Crippen LogP contribution < -0.4 is 14.2 Å². The Bertz CT molecular complexity index is 1660. The molecule has 2 aromatic carbocycles. The summed E-state index contributed by atoms with van der Waals surface area (Å²) in [5.41, 5.74) is -1.68. The Morgan fingerprint density at radius 3 is 2.30 bits per heavy atom. The molecule has 5 rings (SSSR count). The molecule has 53 heavy (non-hydrogen) atoms. The van der Waals surface area contributed by atoms with E-state index in [4.69, 9.17) is 38.3 Å². The molecule has 3 heterocycles. The first-order valence-corrected chi connectivity index (χ1v) is 16.5. The quantitative estimate of drug-likeness (QED) is 0.118. The van der Waals surface area contributed by atoms with Crippen LogP contribution >= 0.6 is 0 Å². The van der Waals surface area contributed by atoms with Crippen molar-refractivity contribution in [3.05, 3.63) is 41.5 Å². The zero-order valence-corrected chi connectivity index (χ0v) is 28.7. The summed E-state index contributed by atoms with van der Waals surface area (Å²) >= 11 is 0. The number of benzene rings is 2. The number of phenolic OH excluding ortho intramolecular Hbond substituents is 2. The smallest absolute Gasteiger partial charge is 0.308 e. The molecule has 2 fully saturated rings. The van der Waals surface area contributed by atoms with E-state index >= 15 is 0 Å². The van der Waals surface area contributed by atoms with Crippen molar-refractivity contribution in [2.24, 2.45) is 0 Å². The van der Waals surface area contributed by atoms with Gasteiger partial charge in [-0.15, -0.1) is 0 Å². The highest BCUT2D eigenvalue weighted by atomic mass is 16.8. The molecule has 0 bridgehead atoms. The van der Waals surface area contributed by atoms with E-state index in [2.05, 4.69) is 0 Å². The number of methoxy groups -OCH3 is 1. The number of esters is 1. The van der Waals surface area contributed by atoms with Gasteiger partial charge in [0.15, 0.2) is 29.7 Å². The van der Waals surface area contributed by atoms with E-state index in [9.17, 15) is 55.2 Å². The first kappa shape index (κ1) is 39.9. The lowest BCUT2D eigenvalue weighted by atomic mass is 9.95. The summed E-state index contributed by atoms with van der Waals surface area (Å²) in [6.45, 7) is 1.74. The summed E-state index contributed by atoms with van der Waals surface area (Å²) in [6, 6.07) is 6.61. The Morgan fingerprint density at radius 1 is 0.906 bits per heavy atom. The lowest BCUT2D eigenvalue weighted by Gasteiger charge is -2.45. The summed E-state index contributed by atoms with van der Waals surface area (Å²) in [7, 11) is 1.34. The normalized spacial score (nSPS) is 32.5. The molecule has 3 aliphatic heterocycles. The fourth-order valence-electron chi connectivity index (χ4n) is 6.19. The molecule has 0 saturated carbocycles. The number of aromatic hydroxyl groups is 2. The molecule has 0 radical (unpaired) electrons. The Labute approximate surface area is 301 Å². The van der Waals surface area contributed by atoms with Crippen LogP contribution in [0.15, 0.2) is 30.3 Å². The molecule has 0 aromatic heterocycles. The van der Waals surface area contributed by atoms with Gasteiger partial charge in [0.1, 0.15) is 72.1 Å². The van der Waals surface area contributed by atoms with E-state index in [1.54, 1.807) is 0 Å². The zero-order chi connectivity index (χ0) is 38.9. The second kappa shape index (κ2) is 16.0. The van der Waals surface area contributed by atoms with Crippen LogP contribution in [-0.4, -0.2) is 144 Å². The maximum atomic E-state index is 13.2. The number of carbonyl (C=O) groups is 3. The van der Waals surface area contributed by atoms with Crippen LogP contribution in [0.3, 0.4) is 0 Å². The topological polar surface area (TPSA) is 298 Å². The van der Waals surface area contributed by atoms with Crippen LogP contribution in [0.25, 0.3) is 0 Å². The van der Waals surface area contributed by atoms with Crippen molar-refractivity contribution in [2.75, 3.05) is 13.7 Å². The highest BCUT2D eigenvalue weighted by Gasteiger charge is 2.51. The first-order chi connectivity index (χ1) is 24.9. The van der Waals surface area contributed by atoms with Crippen molar-refractivity contribution in [1.29, 1.82) is 0 Å². The van der Waals surface area contributed by atoms with Gasteiger partial charge in [0.25, 0.3) is 0 Å². The minimum Gasteiger partial charge on any atom is -0.507 e. The van der Waals surface area contributed by atoms with E-state index in [1.165, 1.54) is 38.3 Å². The number of rotatable bonds is 12. The Balaban J connectivity index is 1.41. The number of Topliss-reactive ketones (excluding diaryl/α,β-unsaturated/α-hetero) is 1. The molecule has 19 heteroatoms. The third-order valence-electron chi connectivity index (χ3n) is 9.01. The lowest BCUT2D eigenvalue weighted by molar-refractivity contribution is -0.354. The molecular formula is C34H42O19. The van der Waals surface area contributed by atoms with Crippen molar-refractivity contribution < 1.29 is 93.5 Å². The number of carboxylic acid groups (broad SMARTS) is 1. The van der Waals surface area contributed by atoms with E-state index in [-0.39, 0.29) is 35.0 Å². The molecule has 12 atom stereocenters. The van der Waals surface area contributed by atoms with Gasteiger partial charge in [-0.25, -0.2) is 0 Å². The summed E-state index contributed by atoms with van der Waals surface area (Å²) < 4.78 is 39.4. The van der Waals surface area contributed by atoms with Crippen LogP contribution in [0.5, 0.6) is 28.7 Å². The maximum absolute atomic E-state index is 13.2. The highest BCUT2D eigenvalue weighted by molar-refractivity contribution is 6.02. The van der Waals surface area contributed by atoms with Gasteiger partial charge in [-0.2, -0.15) is 0 Å². The van der Waals surface area contributed by atoms with Crippen LogP contribution in [0, 0.1) is 0 Å². The third kappa shape index (κ3) is 8.91. The molecule has 0 spiro atoms. The Hall–Kier alpha value is -4.31. The fraction of sp³-hybridized carbons (Fsp3) is 0.559. The minimum absolute atomic E-state index is 0.125. The monoisotopic (exact) mass is 754 g/mol. The molecule has 292 valence electrons. The Morgan fingerprint density at radius 2 is 1.62 bits per heavy atom. The number of ether oxygens (including phenoxy) is 7. The van der Waals surface area contributed by atoms with Crippen molar-refractivity contribution in [3.8, 4) is 28.7 Å². The molecule has 3 aliphatic rings. The molecule has 9 N–H and O–H groups in total. The van der Waals surface area contributed by atoms with E-state index in [0.29, 0.717) is 5.56 Å². The molecule has 0 aliphatic carbocycles. The molecular weight excluding hydrogens is 712 g/mol. The first-order valence-electron chi connectivity index (χ1n) is 16.5. The number of phenols is 2. The number of aliphatic hydroxyl groups excluding tert-OH is 5. The van der Waals surface area contributed by atoms with E-state index in [1.807, 2.05) is 0 Å². The van der Waals surface area contributed by atoms with Crippen LogP contribution in [0.4, 0.5) is 0 Å². The van der Waals surface area contributed by atoms with Crippen LogP contribution in [0.2, 0.25) is 0 Å². The van der Waals surface area contributed by atoms with Crippen molar-refractivity contribution in [1.82, 2.24) is 0 Å². The molecule has 0 amide bonds. The van der Waals surface area contributed by atoms with Crippen LogP contribution in [-0.2, 0) is 28.5 Å². The number of ketones is 1. The van der Waals surface area contributed by atoms with Gasteiger partial charge in [0, 0.05) is 12.1 Å². The fourth-order valence-corrected chi connectivity index (χ4v) is 6.19.